The summed E-state index contributed by atoms with van der Waals surface area (Å²) in [7, 11) is 8.13. The van der Waals surface area contributed by atoms with E-state index in [0.29, 0.717) is 5.56 Å². The van der Waals surface area contributed by atoms with Crippen molar-refractivity contribution in [3.05, 3.63) is 89.0 Å². The monoisotopic (exact) mass is 527 g/mol. The van der Waals surface area contributed by atoms with Crippen LogP contribution in [-0.2, 0) is 10.3 Å². The Morgan fingerprint density at radius 3 is 1.54 bits per heavy atom. The van der Waals surface area contributed by atoms with Crippen LogP contribution in [-0.4, -0.2) is 47.2 Å². The highest BCUT2D eigenvalue weighted by Gasteiger charge is 2.48. The number of nitrogens with zero attached hydrogens (tertiary/aromatic N) is 3. The molecule has 1 heterocycles. The molecule has 3 aromatic rings. The highest BCUT2D eigenvalue weighted by atomic mass is 16.6. The third-order valence-electron chi connectivity index (χ3n) is 7.86. The summed E-state index contributed by atoms with van der Waals surface area (Å²) >= 11 is 0. The first-order valence-electron chi connectivity index (χ1n) is 14.5. The number of cyclic esters (lactones) is 1. The van der Waals surface area contributed by atoms with Crippen LogP contribution in [0.15, 0.2) is 66.7 Å². The lowest BCUT2D eigenvalue weighted by molar-refractivity contribution is 0.0251. The van der Waals surface area contributed by atoms with E-state index in [1.54, 1.807) is 0 Å². The Morgan fingerprint density at radius 1 is 0.641 bits per heavy atom. The number of hydrogen-bond donors (Lipinski definition) is 0. The van der Waals surface area contributed by atoms with E-state index in [9.17, 15) is 4.79 Å². The molecule has 5 heteroatoms. The molecule has 0 saturated heterocycles. The molecule has 0 saturated carbocycles. The normalized spacial score (nSPS) is 13.6. The quantitative estimate of drug-likeness (QED) is 0.170. The van der Waals surface area contributed by atoms with E-state index < -0.39 is 5.60 Å². The van der Waals surface area contributed by atoms with Crippen LogP contribution in [0, 0.1) is 0 Å². The van der Waals surface area contributed by atoms with Gasteiger partial charge in [0.2, 0.25) is 0 Å². The Bertz CT molecular complexity index is 1170. The molecule has 0 aromatic heterocycles. The Labute approximate surface area is 235 Å². The van der Waals surface area contributed by atoms with E-state index >= 15 is 0 Å². The summed E-state index contributed by atoms with van der Waals surface area (Å²) < 4.78 is 6.44. The molecule has 1 aliphatic heterocycles. The minimum Gasteiger partial charge on any atom is -0.441 e. The van der Waals surface area contributed by atoms with Gasteiger partial charge in [0, 0.05) is 75.0 Å². The van der Waals surface area contributed by atoms with Gasteiger partial charge in [-0.05, 0) is 49.2 Å². The number of ether oxygens (including phenoxy) is 1. The third kappa shape index (κ3) is 5.93. The molecule has 0 fully saturated rings. The van der Waals surface area contributed by atoms with Crippen molar-refractivity contribution in [2.45, 2.75) is 58.0 Å². The minimum atomic E-state index is -0.990. The van der Waals surface area contributed by atoms with Gasteiger partial charge in [-0.25, -0.2) is 4.79 Å². The smallest absolute Gasteiger partial charge is 0.340 e. The van der Waals surface area contributed by atoms with Crippen LogP contribution in [0.25, 0.3) is 0 Å². The van der Waals surface area contributed by atoms with E-state index in [1.807, 2.05) is 28.2 Å². The number of benzene rings is 3. The van der Waals surface area contributed by atoms with Gasteiger partial charge in [0.25, 0.3) is 0 Å². The van der Waals surface area contributed by atoms with Gasteiger partial charge in [0.1, 0.15) is 0 Å². The molecule has 0 bridgehead atoms. The molecule has 0 N–H and O–H groups in total. The maximum atomic E-state index is 13.6. The fourth-order valence-corrected chi connectivity index (χ4v) is 5.51. The second kappa shape index (κ2) is 12.6. The predicted octanol–water partition coefficient (Wildman–Crippen LogP) is 7.47. The van der Waals surface area contributed by atoms with Crippen LogP contribution < -0.4 is 14.7 Å². The summed E-state index contributed by atoms with van der Waals surface area (Å²) in [4.78, 5) is 20.2. The van der Waals surface area contributed by atoms with Crippen LogP contribution in [0.2, 0.25) is 0 Å². The van der Waals surface area contributed by atoms with Gasteiger partial charge in [-0.15, -0.1) is 0 Å². The lowest BCUT2D eigenvalue weighted by Gasteiger charge is -2.31. The van der Waals surface area contributed by atoms with Gasteiger partial charge in [-0.2, -0.15) is 0 Å². The van der Waals surface area contributed by atoms with Crippen LogP contribution in [0.1, 0.15) is 79.4 Å². The van der Waals surface area contributed by atoms with Crippen molar-refractivity contribution < 1.29 is 9.53 Å². The lowest BCUT2D eigenvalue weighted by Crippen LogP contribution is -2.30. The zero-order chi connectivity index (χ0) is 28.0. The first-order valence-corrected chi connectivity index (χ1v) is 14.5. The summed E-state index contributed by atoms with van der Waals surface area (Å²) in [6.07, 6.45) is 7.13. The number of hydrogen-bond acceptors (Lipinski definition) is 5. The largest absolute Gasteiger partial charge is 0.441 e. The van der Waals surface area contributed by atoms with E-state index in [4.69, 9.17) is 4.74 Å². The molecular weight excluding hydrogens is 482 g/mol. The fraction of sp³-hybridized carbons (Fsp3) is 0.441. The van der Waals surface area contributed by atoms with Crippen molar-refractivity contribution in [3.63, 3.8) is 0 Å². The molecule has 39 heavy (non-hydrogen) atoms. The number of anilines is 3. The average molecular weight is 528 g/mol. The number of rotatable bonds is 13. The molecule has 208 valence electrons. The van der Waals surface area contributed by atoms with E-state index in [1.165, 1.54) is 25.7 Å². The average Bonchev–Trinajstić information content (AvgIpc) is 3.25. The lowest BCUT2D eigenvalue weighted by atomic mass is 9.79. The zero-order valence-electron chi connectivity index (χ0n) is 24.7. The molecule has 4 rings (SSSR count). The molecule has 0 unspecified atom stereocenters. The summed E-state index contributed by atoms with van der Waals surface area (Å²) in [5.41, 5.74) is 5.81. The minimum absolute atomic E-state index is 0.262. The Balaban J connectivity index is 1.81. The molecular formula is C34H45N3O2. The number of esters is 1. The Hall–Kier alpha value is -3.47. The van der Waals surface area contributed by atoms with E-state index in [-0.39, 0.29) is 5.97 Å². The number of carbonyl (C=O) groups is 1. The van der Waals surface area contributed by atoms with Crippen molar-refractivity contribution in [2.24, 2.45) is 0 Å². The maximum Gasteiger partial charge on any atom is 0.340 e. The second-order valence-corrected chi connectivity index (χ2v) is 11.1. The van der Waals surface area contributed by atoms with E-state index in [2.05, 4.69) is 95.3 Å². The Kier molecular flexibility index (Phi) is 9.21. The molecule has 5 nitrogen and oxygen atoms in total. The van der Waals surface area contributed by atoms with Crippen molar-refractivity contribution in [3.8, 4) is 0 Å². The number of fused-ring (bicyclic) bond motifs is 1. The molecule has 0 spiro atoms. The fourth-order valence-electron chi connectivity index (χ4n) is 5.51. The van der Waals surface area contributed by atoms with Gasteiger partial charge < -0.3 is 19.4 Å². The summed E-state index contributed by atoms with van der Waals surface area (Å²) in [6, 6.07) is 23.1. The van der Waals surface area contributed by atoms with Crippen molar-refractivity contribution in [1.82, 2.24) is 0 Å². The predicted molar refractivity (Wildman–Crippen MR) is 165 cm³/mol. The summed E-state index contributed by atoms with van der Waals surface area (Å²) in [6.45, 7) is 6.49. The number of carbonyl (C=O) groups excluding carboxylic acids is 1. The van der Waals surface area contributed by atoms with Crippen molar-refractivity contribution >= 4 is 23.0 Å². The highest BCUT2D eigenvalue weighted by Crippen LogP contribution is 2.48. The molecule has 0 amide bonds. The van der Waals surface area contributed by atoms with Gasteiger partial charge in [0.05, 0.1) is 5.56 Å². The van der Waals surface area contributed by atoms with Gasteiger partial charge >= 0.3 is 5.97 Å². The van der Waals surface area contributed by atoms with Crippen molar-refractivity contribution in [2.75, 3.05) is 56.0 Å². The van der Waals surface area contributed by atoms with E-state index in [0.717, 1.165) is 59.7 Å². The maximum absolute atomic E-state index is 13.6. The van der Waals surface area contributed by atoms with Gasteiger partial charge in [0.15, 0.2) is 5.60 Å². The molecule has 1 aliphatic rings. The van der Waals surface area contributed by atoms with Gasteiger partial charge in [-0.1, -0.05) is 69.9 Å². The first kappa shape index (κ1) is 28.5. The standard InChI is InChI=1S/C34H45N3O2/c1-7-9-11-23-37(24-12-10-8-2)30-21-22-32-31(25-30)33(38)39-34(32,26-13-17-28(18-14-26)35(3)4)27-15-19-29(20-16-27)36(5)6/h13-22,25H,7-12,23-24H2,1-6H3. The molecule has 0 atom stereocenters. The SMILES string of the molecule is CCCCCN(CCCCC)c1ccc2c(c1)C(=O)OC2(c1ccc(N(C)C)cc1)c1ccc(N(C)C)cc1. The van der Waals surface area contributed by atoms with Crippen LogP contribution in [0.4, 0.5) is 17.1 Å². The molecule has 0 aliphatic carbocycles. The summed E-state index contributed by atoms with van der Waals surface area (Å²) in [5, 5.41) is 0. The molecule has 0 radical (unpaired) electrons. The van der Waals surface area contributed by atoms with Crippen LogP contribution >= 0.6 is 0 Å². The number of unbranched alkanes of at least 4 members (excludes halogenated alkanes) is 4. The van der Waals surface area contributed by atoms with Crippen LogP contribution in [0.3, 0.4) is 0 Å². The summed E-state index contributed by atoms with van der Waals surface area (Å²) in [5.74, 6) is -0.262. The van der Waals surface area contributed by atoms with Gasteiger partial charge in [-0.3, -0.25) is 0 Å². The highest BCUT2D eigenvalue weighted by molar-refractivity contribution is 5.97. The Morgan fingerprint density at radius 2 is 1.10 bits per heavy atom. The topological polar surface area (TPSA) is 36.0 Å². The first-order chi connectivity index (χ1) is 18.8. The zero-order valence-corrected chi connectivity index (χ0v) is 24.7. The molecule has 3 aromatic carbocycles. The van der Waals surface area contributed by atoms with Crippen LogP contribution in [0.5, 0.6) is 0 Å². The van der Waals surface area contributed by atoms with Crippen molar-refractivity contribution in [1.29, 1.82) is 0 Å². The second-order valence-electron chi connectivity index (χ2n) is 11.1. The third-order valence-corrected chi connectivity index (χ3v) is 7.86.